The fourth-order valence-electron chi connectivity index (χ4n) is 0.883. The number of carboxylic acid groups (broad SMARTS) is 1. The average molecular weight is 211 g/mol. The van der Waals surface area contributed by atoms with Crippen molar-refractivity contribution in [3.8, 4) is 11.6 Å². The molecule has 0 fully saturated rings. The van der Waals surface area contributed by atoms with Crippen LogP contribution in [0.15, 0.2) is 15.4 Å². The Morgan fingerprint density at radius 3 is 3.14 bits per heavy atom. The zero-order valence-electron chi connectivity index (χ0n) is 6.88. The first-order chi connectivity index (χ1) is 6.75. The zero-order chi connectivity index (χ0) is 9.97. The largest absolute Gasteiger partial charge is 0.481 e. The third-order valence-electron chi connectivity index (χ3n) is 1.43. The van der Waals surface area contributed by atoms with E-state index in [4.69, 9.17) is 9.63 Å². The monoisotopic (exact) mass is 211 g/mol. The quantitative estimate of drug-likeness (QED) is 0.808. The molecule has 0 aromatic carbocycles. The number of carbonyl (C=O) groups is 1. The summed E-state index contributed by atoms with van der Waals surface area (Å²) in [6.45, 7) is 0. The van der Waals surface area contributed by atoms with Crippen LogP contribution in [-0.4, -0.2) is 26.2 Å². The second-order valence-electron chi connectivity index (χ2n) is 2.46. The van der Waals surface area contributed by atoms with Gasteiger partial charge in [0, 0.05) is 5.38 Å². The Morgan fingerprint density at radius 1 is 1.64 bits per heavy atom. The van der Waals surface area contributed by atoms with E-state index in [1.165, 1.54) is 11.3 Å². The van der Waals surface area contributed by atoms with Gasteiger partial charge in [-0.3, -0.25) is 4.79 Å². The fourth-order valence-corrected chi connectivity index (χ4v) is 1.41. The summed E-state index contributed by atoms with van der Waals surface area (Å²) in [6.07, 6.45) is -0.242. The van der Waals surface area contributed by atoms with Gasteiger partial charge in [0.15, 0.2) is 5.82 Å². The lowest BCUT2D eigenvalue weighted by Gasteiger charge is -1.83. The number of aromatic nitrogens is 3. The van der Waals surface area contributed by atoms with Gasteiger partial charge < -0.3 is 9.63 Å². The number of nitrogens with zero attached hydrogens (tertiary/aromatic N) is 3. The predicted molar refractivity (Wildman–Crippen MR) is 46.7 cm³/mol. The molecular formula is C7H5N3O3S. The van der Waals surface area contributed by atoms with E-state index in [1.807, 2.05) is 0 Å². The molecule has 0 aliphatic rings. The molecule has 0 unspecified atom stereocenters. The van der Waals surface area contributed by atoms with Gasteiger partial charge in [0.25, 0.3) is 5.89 Å². The lowest BCUT2D eigenvalue weighted by atomic mass is 10.4. The predicted octanol–water partition coefficient (Wildman–Crippen LogP) is 0.820. The van der Waals surface area contributed by atoms with Crippen molar-refractivity contribution in [1.29, 1.82) is 0 Å². The van der Waals surface area contributed by atoms with Crippen LogP contribution >= 0.6 is 11.3 Å². The van der Waals surface area contributed by atoms with Gasteiger partial charge in [-0.15, -0.1) is 11.3 Å². The van der Waals surface area contributed by atoms with Crippen molar-refractivity contribution in [2.75, 3.05) is 0 Å². The standard InChI is InChI=1S/C7H5N3O3S/c11-6(12)1-5-9-7(13-10-5)4-2-14-3-8-4/h2-3H,1H2,(H,11,12). The maximum Gasteiger partial charge on any atom is 0.311 e. The number of aliphatic carboxylic acids is 1. The molecule has 2 rings (SSSR count). The molecular weight excluding hydrogens is 206 g/mol. The Morgan fingerprint density at radius 2 is 2.50 bits per heavy atom. The molecule has 1 N–H and O–H groups in total. The summed E-state index contributed by atoms with van der Waals surface area (Å²) >= 11 is 1.40. The Balaban J connectivity index is 2.22. The molecule has 0 aliphatic carbocycles. The first kappa shape index (κ1) is 8.82. The average Bonchev–Trinajstić information content (AvgIpc) is 2.69. The molecule has 0 amide bonds. The van der Waals surface area contributed by atoms with E-state index in [0.717, 1.165) is 0 Å². The molecule has 0 bridgehead atoms. The van der Waals surface area contributed by atoms with Crippen molar-refractivity contribution in [3.05, 3.63) is 16.7 Å². The van der Waals surface area contributed by atoms with Gasteiger partial charge in [0.2, 0.25) is 0 Å². The van der Waals surface area contributed by atoms with Gasteiger partial charge >= 0.3 is 5.97 Å². The molecule has 0 saturated carbocycles. The van der Waals surface area contributed by atoms with E-state index >= 15 is 0 Å². The molecule has 14 heavy (non-hydrogen) atoms. The van der Waals surface area contributed by atoms with Crippen molar-refractivity contribution >= 4 is 17.3 Å². The summed E-state index contributed by atoms with van der Waals surface area (Å²) in [6, 6.07) is 0. The van der Waals surface area contributed by atoms with E-state index in [2.05, 4.69) is 15.1 Å². The minimum Gasteiger partial charge on any atom is -0.481 e. The highest BCUT2D eigenvalue weighted by Gasteiger charge is 2.12. The molecule has 0 spiro atoms. The van der Waals surface area contributed by atoms with E-state index in [9.17, 15) is 4.79 Å². The molecule has 0 radical (unpaired) electrons. The van der Waals surface area contributed by atoms with Crippen molar-refractivity contribution in [2.24, 2.45) is 0 Å². The fraction of sp³-hybridized carbons (Fsp3) is 0.143. The van der Waals surface area contributed by atoms with E-state index in [1.54, 1.807) is 10.9 Å². The van der Waals surface area contributed by atoms with Crippen LogP contribution in [0.2, 0.25) is 0 Å². The number of carboxylic acids is 1. The lowest BCUT2D eigenvalue weighted by Crippen LogP contribution is -2.01. The Bertz CT molecular complexity index is 437. The van der Waals surface area contributed by atoms with Crippen LogP contribution in [0.3, 0.4) is 0 Å². The smallest absolute Gasteiger partial charge is 0.311 e. The lowest BCUT2D eigenvalue weighted by molar-refractivity contribution is -0.136. The summed E-state index contributed by atoms with van der Waals surface area (Å²) in [5.41, 5.74) is 2.20. The van der Waals surface area contributed by atoms with Crippen molar-refractivity contribution in [1.82, 2.24) is 15.1 Å². The molecule has 2 aromatic rings. The van der Waals surface area contributed by atoms with Gasteiger partial charge in [-0.1, -0.05) is 5.16 Å². The highest BCUT2D eigenvalue weighted by Crippen LogP contribution is 2.16. The van der Waals surface area contributed by atoms with Crippen LogP contribution in [0.4, 0.5) is 0 Å². The summed E-state index contributed by atoms with van der Waals surface area (Å²) in [5, 5.41) is 13.7. The topological polar surface area (TPSA) is 89.1 Å². The zero-order valence-corrected chi connectivity index (χ0v) is 7.69. The first-order valence-corrected chi connectivity index (χ1v) is 4.63. The Hall–Kier alpha value is -1.76. The minimum atomic E-state index is -0.990. The number of rotatable bonds is 3. The van der Waals surface area contributed by atoms with Crippen LogP contribution in [0, 0.1) is 0 Å². The highest BCUT2D eigenvalue weighted by atomic mass is 32.1. The SMILES string of the molecule is O=C(O)Cc1noc(-c2cscn2)n1. The maximum atomic E-state index is 10.3. The van der Waals surface area contributed by atoms with Gasteiger partial charge in [-0.05, 0) is 0 Å². The molecule has 2 heterocycles. The maximum absolute atomic E-state index is 10.3. The third kappa shape index (κ3) is 1.77. The molecule has 2 aromatic heterocycles. The summed E-state index contributed by atoms with van der Waals surface area (Å²) in [5.74, 6) is -0.585. The minimum absolute atomic E-state index is 0.153. The molecule has 7 heteroatoms. The molecule has 72 valence electrons. The van der Waals surface area contributed by atoms with Crippen molar-refractivity contribution < 1.29 is 14.4 Å². The third-order valence-corrected chi connectivity index (χ3v) is 2.02. The summed E-state index contributed by atoms with van der Waals surface area (Å²) in [7, 11) is 0. The van der Waals surface area contributed by atoms with Crippen LogP contribution in [0.25, 0.3) is 11.6 Å². The van der Waals surface area contributed by atoms with E-state index in [0.29, 0.717) is 5.69 Å². The van der Waals surface area contributed by atoms with Gasteiger partial charge in [0.1, 0.15) is 12.1 Å². The second-order valence-corrected chi connectivity index (χ2v) is 3.18. The molecule has 0 saturated heterocycles. The van der Waals surface area contributed by atoms with Crippen LogP contribution in [0.1, 0.15) is 5.82 Å². The second kappa shape index (κ2) is 3.54. The van der Waals surface area contributed by atoms with Gasteiger partial charge in [-0.2, -0.15) is 4.98 Å². The number of hydrogen-bond donors (Lipinski definition) is 1. The van der Waals surface area contributed by atoms with Crippen molar-refractivity contribution in [2.45, 2.75) is 6.42 Å². The van der Waals surface area contributed by atoms with Crippen molar-refractivity contribution in [3.63, 3.8) is 0 Å². The van der Waals surface area contributed by atoms with Gasteiger partial charge in [-0.25, -0.2) is 4.98 Å². The number of thiazole rings is 1. The van der Waals surface area contributed by atoms with Gasteiger partial charge in [0.05, 0.1) is 5.51 Å². The molecule has 0 atom stereocenters. The Labute approximate surface area is 82.2 Å². The molecule has 0 aliphatic heterocycles. The van der Waals surface area contributed by atoms with E-state index < -0.39 is 5.97 Å². The normalized spacial score (nSPS) is 10.3. The number of hydrogen-bond acceptors (Lipinski definition) is 6. The highest BCUT2D eigenvalue weighted by molar-refractivity contribution is 7.07. The first-order valence-electron chi connectivity index (χ1n) is 3.68. The van der Waals surface area contributed by atoms with Crippen LogP contribution < -0.4 is 0 Å². The van der Waals surface area contributed by atoms with E-state index in [-0.39, 0.29) is 18.1 Å². The van der Waals surface area contributed by atoms with Crippen LogP contribution in [-0.2, 0) is 11.2 Å². The summed E-state index contributed by atoms with van der Waals surface area (Å²) < 4.78 is 4.83. The Kier molecular flexibility index (Phi) is 2.23. The molecule has 6 nitrogen and oxygen atoms in total. The van der Waals surface area contributed by atoms with Crippen LogP contribution in [0.5, 0.6) is 0 Å². The summed E-state index contributed by atoms with van der Waals surface area (Å²) in [4.78, 5) is 18.2.